The number of thiazole rings is 1. The highest BCUT2D eigenvalue weighted by Crippen LogP contribution is 2.45. The van der Waals surface area contributed by atoms with Gasteiger partial charge in [0.05, 0.1) is 34.1 Å². The summed E-state index contributed by atoms with van der Waals surface area (Å²) in [5.41, 5.74) is 3.26. The van der Waals surface area contributed by atoms with Gasteiger partial charge in [-0.3, -0.25) is 14.5 Å². The van der Waals surface area contributed by atoms with E-state index < -0.39 is 29.3 Å². The SMILES string of the molecule is CCOc1ccc2nc(N3C(=O)C(=O)C(=C(O)c4nc5c(C)cccn5c4C)C3c3ccc(F)cc3)sc2c1. The van der Waals surface area contributed by atoms with Crippen molar-refractivity contribution in [1.82, 2.24) is 14.4 Å². The lowest BCUT2D eigenvalue weighted by atomic mass is 9.96. The second-order valence-electron chi connectivity index (χ2n) is 9.21. The van der Waals surface area contributed by atoms with Gasteiger partial charge in [0, 0.05) is 6.20 Å². The van der Waals surface area contributed by atoms with Gasteiger partial charge >= 0.3 is 5.91 Å². The standard InChI is InChI=1S/C29H23FN4O4S/c1-4-38-19-11-12-20-21(14-19)39-29(31-20)34-24(17-7-9-18(30)10-8-17)22(26(36)28(34)37)25(35)23-16(3)33-13-5-6-15(2)27(33)32-23/h5-14,24,35H,4H2,1-3H3. The molecule has 0 bridgehead atoms. The van der Waals surface area contributed by atoms with Crippen LogP contribution in [0.5, 0.6) is 5.75 Å². The van der Waals surface area contributed by atoms with Crippen molar-refractivity contribution < 1.29 is 23.8 Å². The normalized spacial score (nSPS) is 17.0. The Morgan fingerprint density at radius 3 is 2.59 bits per heavy atom. The first-order chi connectivity index (χ1) is 18.8. The second-order valence-corrected chi connectivity index (χ2v) is 10.2. The van der Waals surface area contributed by atoms with E-state index in [1.165, 1.54) is 40.5 Å². The van der Waals surface area contributed by atoms with Crippen LogP contribution >= 0.6 is 11.3 Å². The molecule has 1 fully saturated rings. The van der Waals surface area contributed by atoms with Crippen molar-refractivity contribution in [2.75, 3.05) is 11.5 Å². The summed E-state index contributed by atoms with van der Waals surface area (Å²) in [5, 5.41) is 11.8. The van der Waals surface area contributed by atoms with Crippen LogP contribution in [0.1, 0.15) is 35.5 Å². The Hall–Kier alpha value is -4.57. The van der Waals surface area contributed by atoms with E-state index in [2.05, 4.69) is 9.97 Å². The van der Waals surface area contributed by atoms with E-state index in [-0.39, 0.29) is 16.4 Å². The van der Waals surface area contributed by atoms with E-state index in [4.69, 9.17) is 4.74 Å². The molecular weight excluding hydrogens is 519 g/mol. The fourth-order valence-corrected chi connectivity index (χ4v) is 5.94. The average Bonchev–Trinajstić information content (AvgIpc) is 3.57. The number of imidazole rings is 1. The number of ether oxygens (including phenoxy) is 1. The van der Waals surface area contributed by atoms with Gasteiger partial charge < -0.3 is 14.2 Å². The van der Waals surface area contributed by atoms with Gasteiger partial charge in [0.25, 0.3) is 5.78 Å². The zero-order chi connectivity index (χ0) is 27.4. The summed E-state index contributed by atoms with van der Waals surface area (Å²) < 4.78 is 22.0. The third-order valence-corrected chi connectivity index (χ3v) is 7.82. The van der Waals surface area contributed by atoms with Crippen LogP contribution in [0.15, 0.2) is 66.4 Å². The van der Waals surface area contributed by atoms with Crippen molar-refractivity contribution >= 4 is 49.8 Å². The monoisotopic (exact) mass is 542 g/mol. The van der Waals surface area contributed by atoms with E-state index >= 15 is 0 Å². The van der Waals surface area contributed by atoms with E-state index in [0.717, 1.165) is 10.3 Å². The highest BCUT2D eigenvalue weighted by Gasteiger charge is 2.48. The van der Waals surface area contributed by atoms with Crippen molar-refractivity contribution in [1.29, 1.82) is 0 Å². The van der Waals surface area contributed by atoms with Gasteiger partial charge in [-0.15, -0.1) is 0 Å². The molecule has 0 spiro atoms. The molecule has 1 N–H and O–H groups in total. The topological polar surface area (TPSA) is 97.0 Å². The first kappa shape index (κ1) is 24.7. The van der Waals surface area contributed by atoms with E-state index in [0.29, 0.717) is 34.8 Å². The zero-order valence-electron chi connectivity index (χ0n) is 21.3. The van der Waals surface area contributed by atoms with Crippen LogP contribution in [0, 0.1) is 19.7 Å². The molecule has 1 atom stereocenters. The van der Waals surface area contributed by atoms with Crippen LogP contribution in [0.25, 0.3) is 21.6 Å². The number of hydrogen-bond acceptors (Lipinski definition) is 7. The summed E-state index contributed by atoms with van der Waals surface area (Å²) in [5.74, 6) is -1.91. The number of carbonyl (C=O) groups is 2. The van der Waals surface area contributed by atoms with Crippen LogP contribution in [0.2, 0.25) is 0 Å². The number of pyridine rings is 1. The number of fused-ring (bicyclic) bond motifs is 2. The maximum atomic E-state index is 13.9. The van der Waals surface area contributed by atoms with E-state index in [1.807, 2.05) is 42.6 Å². The molecule has 1 amide bonds. The van der Waals surface area contributed by atoms with E-state index in [9.17, 15) is 19.1 Å². The molecule has 1 aliphatic rings. The van der Waals surface area contributed by atoms with Gasteiger partial charge in [0.15, 0.2) is 10.9 Å². The van der Waals surface area contributed by atoms with Crippen molar-refractivity contribution in [3.8, 4) is 5.75 Å². The lowest BCUT2D eigenvalue weighted by Gasteiger charge is -2.22. The third-order valence-electron chi connectivity index (χ3n) is 6.80. The molecule has 6 rings (SSSR count). The summed E-state index contributed by atoms with van der Waals surface area (Å²) in [7, 11) is 0. The van der Waals surface area contributed by atoms with Crippen LogP contribution in [-0.2, 0) is 9.59 Å². The fourth-order valence-electron chi connectivity index (χ4n) is 4.92. The van der Waals surface area contributed by atoms with Crippen LogP contribution < -0.4 is 9.64 Å². The van der Waals surface area contributed by atoms with Gasteiger partial charge in [0.1, 0.15) is 22.9 Å². The summed E-state index contributed by atoms with van der Waals surface area (Å²) in [6.07, 6.45) is 1.81. The molecule has 2 aromatic carbocycles. The lowest BCUT2D eigenvalue weighted by Crippen LogP contribution is -2.29. The van der Waals surface area contributed by atoms with Crippen molar-refractivity contribution in [3.63, 3.8) is 0 Å². The minimum Gasteiger partial charge on any atom is -0.505 e. The number of Topliss-reactive ketones (excluding diaryl/α,β-unsaturated/α-hetero) is 1. The average molecular weight is 543 g/mol. The number of halogens is 1. The molecule has 1 saturated heterocycles. The molecular formula is C29H23FN4O4S. The number of aliphatic hydroxyl groups is 1. The Bertz CT molecular complexity index is 1820. The van der Waals surface area contributed by atoms with Gasteiger partial charge in [-0.1, -0.05) is 29.5 Å². The number of aromatic nitrogens is 3. The minimum absolute atomic E-state index is 0.134. The number of carbonyl (C=O) groups excluding carboxylic acids is 2. The van der Waals surface area contributed by atoms with Crippen molar-refractivity contribution in [2.24, 2.45) is 0 Å². The highest BCUT2D eigenvalue weighted by atomic mass is 32.1. The molecule has 1 aliphatic heterocycles. The molecule has 1 unspecified atom stereocenters. The molecule has 5 aromatic rings. The molecule has 0 saturated carbocycles. The zero-order valence-corrected chi connectivity index (χ0v) is 22.1. The minimum atomic E-state index is -1.04. The highest BCUT2D eigenvalue weighted by molar-refractivity contribution is 7.22. The van der Waals surface area contributed by atoms with Crippen molar-refractivity contribution in [2.45, 2.75) is 26.8 Å². The number of rotatable bonds is 5. The van der Waals surface area contributed by atoms with Gasteiger partial charge in [-0.05, 0) is 68.3 Å². The van der Waals surface area contributed by atoms with Crippen molar-refractivity contribution in [3.05, 3.63) is 94.7 Å². The number of hydrogen-bond donors (Lipinski definition) is 1. The fraction of sp³-hybridized carbons (Fsp3) is 0.172. The number of aliphatic hydroxyl groups excluding tert-OH is 1. The predicted octanol–water partition coefficient (Wildman–Crippen LogP) is 5.72. The van der Waals surface area contributed by atoms with Crippen LogP contribution in [-0.4, -0.2) is 37.8 Å². The van der Waals surface area contributed by atoms with E-state index in [1.54, 1.807) is 19.1 Å². The quantitative estimate of drug-likeness (QED) is 0.173. The number of benzene rings is 2. The molecule has 8 nitrogen and oxygen atoms in total. The Morgan fingerprint density at radius 2 is 1.87 bits per heavy atom. The smallest absolute Gasteiger partial charge is 0.301 e. The summed E-state index contributed by atoms with van der Waals surface area (Å²) >= 11 is 1.22. The Balaban J connectivity index is 1.56. The number of aryl methyl sites for hydroxylation is 2. The molecule has 4 heterocycles. The first-order valence-corrected chi connectivity index (χ1v) is 13.1. The van der Waals surface area contributed by atoms with Crippen LogP contribution in [0.4, 0.5) is 9.52 Å². The molecule has 10 heteroatoms. The lowest BCUT2D eigenvalue weighted by molar-refractivity contribution is -0.132. The number of amides is 1. The molecule has 0 radical (unpaired) electrons. The summed E-state index contributed by atoms with van der Waals surface area (Å²) in [4.78, 5) is 37.6. The van der Waals surface area contributed by atoms with Gasteiger partial charge in [-0.25, -0.2) is 14.4 Å². The molecule has 196 valence electrons. The first-order valence-electron chi connectivity index (χ1n) is 12.3. The Labute approximate surface area is 226 Å². The van der Waals surface area contributed by atoms with Gasteiger partial charge in [-0.2, -0.15) is 0 Å². The maximum Gasteiger partial charge on any atom is 0.301 e. The molecule has 0 aliphatic carbocycles. The summed E-state index contributed by atoms with van der Waals surface area (Å²) in [6.45, 7) is 6.06. The molecule has 3 aromatic heterocycles. The Morgan fingerprint density at radius 1 is 1.10 bits per heavy atom. The third kappa shape index (κ3) is 3.95. The summed E-state index contributed by atoms with van der Waals surface area (Å²) in [6, 6.07) is 13.6. The van der Waals surface area contributed by atoms with Gasteiger partial charge in [0.2, 0.25) is 0 Å². The Kier molecular flexibility index (Phi) is 5.91. The number of ketones is 1. The van der Waals surface area contributed by atoms with Crippen LogP contribution in [0.3, 0.4) is 0 Å². The molecule has 39 heavy (non-hydrogen) atoms. The number of anilines is 1. The number of nitrogens with zero attached hydrogens (tertiary/aromatic N) is 4. The maximum absolute atomic E-state index is 13.9. The largest absolute Gasteiger partial charge is 0.505 e. The second kappa shape index (κ2) is 9.32. The predicted molar refractivity (Wildman–Crippen MR) is 147 cm³/mol.